The molecule has 0 N–H and O–H groups in total. The molecule has 1 aromatic carbocycles. The van der Waals surface area contributed by atoms with E-state index in [0.29, 0.717) is 17.9 Å². The van der Waals surface area contributed by atoms with Gasteiger partial charge in [0.1, 0.15) is 12.3 Å². The summed E-state index contributed by atoms with van der Waals surface area (Å²) in [4.78, 5) is 37.6. The molecule has 2 amide bonds. The highest BCUT2D eigenvalue weighted by Crippen LogP contribution is 2.36. The van der Waals surface area contributed by atoms with Crippen molar-refractivity contribution in [3.8, 4) is 5.75 Å². The van der Waals surface area contributed by atoms with Crippen LogP contribution in [0.4, 0.5) is 4.79 Å². The van der Waals surface area contributed by atoms with Crippen LogP contribution in [0.25, 0.3) is 6.08 Å². The van der Waals surface area contributed by atoms with E-state index >= 15 is 0 Å². The van der Waals surface area contributed by atoms with E-state index in [1.54, 1.807) is 13.2 Å². The number of esters is 1. The van der Waals surface area contributed by atoms with Crippen LogP contribution < -0.4 is 4.74 Å². The van der Waals surface area contributed by atoms with E-state index in [-0.39, 0.29) is 11.4 Å². The van der Waals surface area contributed by atoms with Gasteiger partial charge in [-0.15, -0.1) is 0 Å². The van der Waals surface area contributed by atoms with Crippen LogP contribution in [-0.4, -0.2) is 42.3 Å². The summed E-state index contributed by atoms with van der Waals surface area (Å²) in [5.41, 5.74) is 0.708. The van der Waals surface area contributed by atoms with Gasteiger partial charge in [0, 0.05) is 9.13 Å². The van der Waals surface area contributed by atoms with Gasteiger partial charge in [-0.1, -0.05) is 13.3 Å². The summed E-state index contributed by atoms with van der Waals surface area (Å²) in [5.74, 6) is -0.441. The molecule has 0 aliphatic carbocycles. The van der Waals surface area contributed by atoms with Crippen molar-refractivity contribution in [2.75, 3.05) is 20.3 Å². The Morgan fingerprint density at radius 3 is 2.69 bits per heavy atom. The second-order valence-electron chi connectivity index (χ2n) is 5.35. The molecule has 140 valence electrons. The minimum Gasteiger partial charge on any atom is -0.495 e. The van der Waals surface area contributed by atoms with Crippen molar-refractivity contribution in [3.05, 3.63) is 29.7 Å². The quantitative estimate of drug-likeness (QED) is 0.201. The van der Waals surface area contributed by atoms with Gasteiger partial charge in [-0.3, -0.25) is 19.3 Å². The summed E-state index contributed by atoms with van der Waals surface area (Å²) < 4.78 is 12.3. The Bertz CT molecular complexity index is 766. The SMILES string of the molecule is CCCCOC(=O)CN1C(=O)S/C(=C/c2cc(I)cc(I)c2OC)C1=O. The van der Waals surface area contributed by atoms with Gasteiger partial charge in [-0.25, -0.2) is 0 Å². The van der Waals surface area contributed by atoms with Crippen molar-refractivity contribution in [3.63, 3.8) is 0 Å². The van der Waals surface area contributed by atoms with E-state index in [1.807, 2.05) is 19.1 Å². The van der Waals surface area contributed by atoms with Crippen LogP contribution in [0, 0.1) is 7.14 Å². The maximum atomic E-state index is 12.5. The van der Waals surface area contributed by atoms with Crippen LogP contribution in [0.5, 0.6) is 5.75 Å². The Balaban J connectivity index is 2.18. The number of carbonyl (C=O) groups excluding carboxylic acids is 3. The predicted octanol–water partition coefficient (Wildman–Crippen LogP) is 4.28. The summed E-state index contributed by atoms with van der Waals surface area (Å²) in [6.45, 7) is 1.90. The zero-order chi connectivity index (χ0) is 19.3. The minimum atomic E-state index is -0.580. The standard InChI is InChI=1S/C17H17I2NO5S/c1-3-4-5-25-14(21)9-20-16(22)13(26-17(20)23)7-10-6-11(18)8-12(19)15(10)24-2/h6-8H,3-5,9H2,1-2H3/b13-7+. The van der Waals surface area contributed by atoms with Gasteiger partial charge in [-0.05, 0) is 81.6 Å². The fourth-order valence-corrected chi connectivity index (χ4v) is 5.12. The molecule has 1 aliphatic heterocycles. The fourth-order valence-electron chi connectivity index (χ4n) is 2.19. The molecule has 26 heavy (non-hydrogen) atoms. The third-order valence-electron chi connectivity index (χ3n) is 3.45. The maximum Gasteiger partial charge on any atom is 0.326 e. The Hall–Kier alpha value is -0.820. The molecule has 6 nitrogen and oxygen atoms in total. The zero-order valence-corrected chi connectivity index (χ0v) is 19.3. The Morgan fingerprint density at radius 1 is 1.31 bits per heavy atom. The molecule has 1 fully saturated rings. The Kier molecular flexibility index (Phi) is 8.20. The first-order valence-electron chi connectivity index (χ1n) is 7.81. The van der Waals surface area contributed by atoms with E-state index in [9.17, 15) is 14.4 Å². The number of imide groups is 1. The van der Waals surface area contributed by atoms with Gasteiger partial charge >= 0.3 is 5.97 Å². The monoisotopic (exact) mass is 601 g/mol. The van der Waals surface area contributed by atoms with Gasteiger partial charge in [0.05, 0.1) is 22.2 Å². The first-order chi connectivity index (χ1) is 12.4. The number of carbonyl (C=O) groups is 3. The second-order valence-corrected chi connectivity index (χ2v) is 8.75. The fraction of sp³-hybridized carbons (Fsp3) is 0.353. The third kappa shape index (κ3) is 5.35. The largest absolute Gasteiger partial charge is 0.495 e. The number of hydrogen-bond donors (Lipinski definition) is 0. The second kappa shape index (κ2) is 9.93. The number of benzene rings is 1. The summed E-state index contributed by atoms with van der Waals surface area (Å²) in [5, 5.41) is -0.479. The number of unbranched alkanes of at least 4 members (excludes halogenated alkanes) is 1. The molecule has 0 bridgehead atoms. The highest BCUT2D eigenvalue weighted by atomic mass is 127. The van der Waals surface area contributed by atoms with Crippen LogP contribution in [-0.2, 0) is 14.3 Å². The van der Waals surface area contributed by atoms with Crippen LogP contribution in [0.15, 0.2) is 17.0 Å². The number of ether oxygens (including phenoxy) is 2. The summed E-state index contributed by atoms with van der Waals surface area (Å²) in [6, 6.07) is 3.82. The molecule has 0 aromatic heterocycles. The van der Waals surface area contributed by atoms with Crippen molar-refractivity contribution in [1.29, 1.82) is 0 Å². The first-order valence-corrected chi connectivity index (χ1v) is 10.8. The van der Waals surface area contributed by atoms with E-state index in [0.717, 1.165) is 36.6 Å². The molecule has 2 rings (SSSR count). The normalized spacial score (nSPS) is 15.7. The summed E-state index contributed by atoms with van der Waals surface area (Å²) in [7, 11) is 1.56. The van der Waals surface area contributed by atoms with Crippen molar-refractivity contribution < 1.29 is 23.9 Å². The van der Waals surface area contributed by atoms with E-state index in [1.165, 1.54) is 0 Å². The first kappa shape index (κ1) is 21.5. The van der Waals surface area contributed by atoms with Crippen LogP contribution in [0.3, 0.4) is 0 Å². The predicted molar refractivity (Wildman–Crippen MR) is 117 cm³/mol. The third-order valence-corrected chi connectivity index (χ3v) is 5.78. The topological polar surface area (TPSA) is 72.9 Å². The highest BCUT2D eigenvalue weighted by Gasteiger charge is 2.36. The number of hydrogen-bond acceptors (Lipinski definition) is 6. The van der Waals surface area contributed by atoms with Crippen molar-refractivity contribution >= 4 is 80.1 Å². The molecule has 0 unspecified atom stereocenters. The van der Waals surface area contributed by atoms with Gasteiger partial charge in [0.2, 0.25) is 0 Å². The van der Waals surface area contributed by atoms with Crippen molar-refractivity contribution in [2.24, 2.45) is 0 Å². The molecule has 1 saturated heterocycles. The molecule has 1 heterocycles. The summed E-state index contributed by atoms with van der Waals surface area (Å²) in [6.07, 6.45) is 3.27. The maximum absolute atomic E-state index is 12.5. The van der Waals surface area contributed by atoms with Gasteiger partial charge < -0.3 is 9.47 Å². The molecule has 0 spiro atoms. The molecule has 1 aromatic rings. The number of amides is 2. The van der Waals surface area contributed by atoms with Crippen molar-refractivity contribution in [2.45, 2.75) is 19.8 Å². The van der Waals surface area contributed by atoms with E-state index < -0.39 is 17.1 Å². The van der Waals surface area contributed by atoms with Gasteiger partial charge in [0.15, 0.2) is 0 Å². The van der Waals surface area contributed by atoms with E-state index in [4.69, 9.17) is 9.47 Å². The van der Waals surface area contributed by atoms with Gasteiger partial charge in [-0.2, -0.15) is 0 Å². The van der Waals surface area contributed by atoms with Crippen LogP contribution >= 0.6 is 56.9 Å². The van der Waals surface area contributed by atoms with E-state index in [2.05, 4.69) is 45.2 Å². The lowest BCUT2D eigenvalue weighted by atomic mass is 10.2. The Labute approximate surface area is 183 Å². The average molecular weight is 601 g/mol. The Morgan fingerprint density at radius 2 is 2.04 bits per heavy atom. The smallest absolute Gasteiger partial charge is 0.326 e. The van der Waals surface area contributed by atoms with Gasteiger partial charge in [0.25, 0.3) is 11.1 Å². The lowest BCUT2D eigenvalue weighted by Gasteiger charge is -2.12. The van der Waals surface area contributed by atoms with Crippen LogP contribution in [0.1, 0.15) is 25.3 Å². The molecular weight excluding hydrogens is 584 g/mol. The number of rotatable bonds is 7. The van der Waals surface area contributed by atoms with Crippen molar-refractivity contribution in [1.82, 2.24) is 4.90 Å². The molecule has 0 radical (unpaired) electrons. The van der Waals surface area contributed by atoms with Crippen LogP contribution in [0.2, 0.25) is 0 Å². The lowest BCUT2D eigenvalue weighted by molar-refractivity contribution is -0.146. The lowest BCUT2D eigenvalue weighted by Crippen LogP contribution is -2.34. The molecule has 1 aliphatic rings. The number of nitrogens with zero attached hydrogens (tertiary/aromatic N) is 1. The molecular formula is C17H17I2NO5S. The number of halogens is 2. The number of thioether (sulfide) groups is 1. The minimum absolute atomic E-state index is 0.257. The highest BCUT2D eigenvalue weighted by molar-refractivity contribution is 14.1. The average Bonchev–Trinajstić information content (AvgIpc) is 2.82. The molecule has 9 heteroatoms. The zero-order valence-electron chi connectivity index (χ0n) is 14.2. The molecule has 0 saturated carbocycles. The summed E-state index contributed by atoms with van der Waals surface area (Å²) >= 11 is 5.14. The number of methoxy groups -OCH3 is 1. The molecule has 0 atom stereocenters.